The van der Waals surface area contributed by atoms with Crippen molar-refractivity contribution >= 4 is 0 Å². The maximum Gasteiger partial charge on any atom is 0.111 e. The predicted molar refractivity (Wildman–Crippen MR) is 54.7 cm³/mol. The lowest BCUT2D eigenvalue weighted by Crippen LogP contribution is -1.99. The van der Waals surface area contributed by atoms with Crippen molar-refractivity contribution in [3.8, 4) is 0 Å². The minimum Gasteiger partial charge on any atom is -0.469 e. The maximum absolute atomic E-state index is 5.30. The molecule has 0 fully saturated rings. The molecule has 14 heavy (non-hydrogen) atoms. The molecule has 71 valence electrons. The van der Waals surface area contributed by atoms with Gasteiger partial charge < -0.3 is 4.42 Å². The third-order valence-corrected chi connectivity index (χ3v) is 2.11. The third kappa shape index (κ3) is 2.02. The summed E-state index contributed by atoms with van der Waals surface area (Å²) in [7, 11) is 0. The summed E-state index contributed by atoms with van der Waals surface area (Å²) < 4.78 is 5.30. The summed E-state index contributed by atoms with van der Waals surface area (Å²) in [6.07, 6.45) is 4.34. The highest BCUT2D eigenvalue weighted by molar-refractivity contribution is 5.22. The molecule has 0 saturated carbocycles. The standard InChI is InChI=1S/C12H12NO/c1-10(12-6-4-8-14-12)9-11-5-2-3-7-13-11/h2-8H,9H2,1H3. The zero-order chi connectivity index (χ0) is 9.80. The van der Waals surface area contributed by atoms with Crippen LogP contribution in [0.2, 0.25) is 0 Å². The Hall–Kier alpha value is -1.57. The van der Waals surface area contributed by atoms with Gasteiger partial charge in [0.05, 0.1) is 6.26 Å². The number of hydrogen-bond acceptors (Lipinski definition) is 2. The molecule has 0 bridgehead atoms. The van der Waals surface area contributed by atoms with Crippen molar-refractivity contribution < 1.29 is 4.42 Å². The molecule has 0 N–H and O–H groups in total. The summed E-state index contributed by atoms with van der Waals surface area (Å²) >= 11 is 0. The van der Waals surface area contributed by atoms with Crippen LogP contribution in [-0.4, -0.2) is 4.98 Å². The second-order valence-electron chi connectivity index (χ2n) is 3.26. The van der Waals surface area contributed by atoms with E-state index >= 15 is 0 Å². The van der Waals surface area contributed by atoms with Crippen LogP contribution in [-0.2, 0) is 6.42 Å². The van der Waals surface area contributed by atoms with Crippen molar-refractivity contribution in [1.29, 1.82) is 0 Å². The van der Waals surface area contributed by atoms with E-state index in [1.807, 2.05) is 36.5 Å². The van der Waals surface area contributed by atoms with Crippen LogP contribution in [0, 0.1) is 5.92 Å². The summed E-state index contributed by atoms with van der Waals surface area (Å²) in [6, 6.07) is 9.81. The van der Waals surface area contributed by atoms with Gasteiger partial charge in [-0.05, 0) is 24.3 Å². The highest BCUT2D eigenvalue weighted by Gasteiger charge is 2.09. The zero-order valence-electron chi connectivity index (χ0n) is 8.10. The van der Waals surface area contributed by atoms with Gasteiger partial charge in [0.1, 0.15) is 5.76 Å². The van der Waals surface area contributed by atoms with E-state index in [-0.39, 0.29) is 0 Å². The van der Waals surface area contributed by atoms with Crippen molar-refractivity contribution in [2.75, 3.05) is 0 Å². The molecule has 2 rings (SSSR count). The Balaban J connectivity index is 2.06. The molecule has 0 aliphatic carbocycles. The summed E-state index contributed by atoms with van der Waals surface area (Å²) in [4.78, 5) is 4.27. The molecule has 0 amide bonds. The molecule has 0 aliphatic rings. The van der Waals surface area contributed by atoms with Gasteiger partial charge in [0.25, 0.3) is 0 Å². The van der Waals surface area contributed by atoms with Crippen molar-refractivity contribution in [3.05, 3.63) is 60.2 Å². The first-order valence-corrected chi connectivity index (χ1v) is 4.62. The minimum atomic E-state index is 0.842. The van der Waals surface area contributed by atoms with E-state index in [1.165, 1.54) is 5.92 Å². The summed E-state index contributed by atoms with van der Waals surface area (Å²) in [6.45, 7) is 2.06. The minimum absolute atomic E-state index is 0.842. The Bertz CT molecular complexity index is 366. The van der Waals surface area contributed by atoms with Crippen LogP contribution in [0.5, 0.6) is 0 Å². The molecular formula is C12H12NO. The zero-order valence-corrected chi connectivity index (χ0v) is 8.10. The van der Waals surface area contributed by atoms with Gasteiger partial charge in [0.2, 0.25) is 0 Å². The van der Waals surface area contributed by atoms with Gasteiger partial charge in [-0.2, -0.15) is 0 Å². The smallest absolute Gasteiger partial charge is 0.111 e. The second-order valence-corrected chi connectivity index (χ2v) is 3.26. The average Bonchev–Trinajstić information content (AvgIpc) is 2.72. The van der Waals surface area contributed by atoms with Crippen LogP contribution in [0.1, 0.15) is 18.4 Å². The maximum atomic E-state index is 5.30. The molecule has 0 aromatic carbocycles. The fourth-order valence-electron chi connectivity index (χ4n) is 1.38. The Labute approximate surface area is 83.6 Å². The molecule has 2 heteroatoms. The van der Waals surface area contributed by atoms with Gasteiger partial charge >= 0.3 is 0 Å². The Morgan fingerprint density at radius 3 is 2.86 bits per heavy atom. The molecule has 0 spiro atoms. The summed E-state index contributed by atoms with van der Waals surface area (Å²) in [5.74, 6) is 2.14. The fourth-order valence-corrected chi connectivity index (χ4v) is 1.38. The quantitative estimate of drug-likeness (QED) is 0.736. The van der Waals surface area contributed by atoms with Crippen LogP contribution in [0.25, 0.3) is 0 Å². The first-order valence-electron chi connectivity index (χ1n) is 4.62. The van der Waals surface area contributed by atoms with Crippen LogP contribution < -0.4 is 0 Å². The molecule has 0 atom stereocenters. The van der Waals surface area contributed by atoms with E-state index in [2.05, 4.69) is 11.9 Å². The van der Waals surface area contributed by atoms with E-state index in [0.717, 1.165) is 17.9 Å². The highest BCUT2D eigenvalue weighted by atomic mass is 16.3. The number of furan rings is 1. The molecule has 2 nitrogen and oxygen atoms in total. The van der Waals surface area contributed by atoms with Crippen LogP contribution in [0.4, 0.5) is 0 Å². The average molecular weight is 186 g/mol. The molecule has 1 radical (unpaired) electrons. The van der Waals surface area contributed by atoms with Crippen LogP contribution >= 0.6 is 0 Å². The normalized spacial score (nSPS) is 10.7. The van der Waals surface area contributed by atoms with Crippen molar-refractivity contribution in [3.63, 3.8) is 0 Å². The second kappa shape index (κ2) is 4.09. The van der Waals surface area contributed by atoms with Gasteiger partial charge in [0.15, 0.2) is 0 Å². The summed E-state index contributed by atoms with van der Waals surface area (Å²) in [5.41, 5.74) is 1.07. The topological polar surface area (TPSA) is 26.0 Å². The first kappa shape index (κ1) is 9.00. The number of aromatic nitrogens is 1. The largest absolute Gasteiger partial charge is 0.469 e. The van der Waals surface area contributed by atoms with E-state index in [0.29, 0.717) is 0 Å². The van der Waals surface area contributed by atoms with Gasteiger partial charge in [-0.3, -0.25) is 4.98 Å². The SMILES string of the molecule is C[C](Cc1ccccn1)c1ccco1. The van der Waals surface area contributed by atoms with E-state index in [4.69, 9.17) is 4.42 Å². The van der Waals surface area contributed by atoms with Crippen molar-refractivity contribution in [2.45, 2.75) is 13.3 Å². The number of hydrogen-bond donors (Lipinski definition) is 0. The first-order chi connectivity index (χ1) is 6.86. The highest BCUT2D eigenvalue weighted by Crippen LogP contribution is 2.18. The molecule has 0 saturated heterocycles. The molecule has 2 aromatic heterocycles. The van der Waals surface area contributed by atoms with Crippen LogP contribution in [0.3, 0.4) is 0 Å². The Morgan fingerprint density at radius 2 is 2.21 bits per heavy atom. The van der Waals surface area contributed by atoms with Gasteiger partial charge in [-0.1, -0.05) is 13.0 Å². The molecule has 2 heterocycles. The lowest BCUT2D eigenvalue weighted by Gasteiger charge is -2.06. The van der Waals surface area contributed by atoms with Gasteiger partial charge in [-0.25, -0.2) is 0 Å². The van der Waals surface area contributed by atoms with Crippen LogP contribution in [0.15, 0.2) is 47.2 Å². The Kier molecular flexibility index (Phi) is 2.63. The molecular weight excluding hydrogens is 174 g/mol. The fraction of sp³-hybridized carbons (Fsp3) is 0.167. The molecule has 0 aliphatic heterocycles. The monoisotopic (exact) mass is 186 g/mol. The predicted octanol–water partition coefficient (Wildman–Crippen LogP) is 2.86. The molecule has 0 unspecified atom stereocenters. The van der Waals surface area contributed by atoms with Crippen molar-refractivity contribution in [2.24, 2.45) is 0 Å². The number of nitrogens with zero attached hydrogens (tertiary/aromatic N) is 1. The summed E-state index contributed by atoms with van der Waals surface area (Å²) in [5, 5.41) is 0. The van der Waals surface area contributed by atoms with E-state index < -0.39 is 0 Å². The van der Waals surface area contributed by atoms with E-state index in [1.54, 1.807) is 6.26 Å². The number of pyridine rings is 1. The van der Waals surface area contributed by atoms with Gasteiger partial charge in [-0.15, -0.1) is 0 Å². The lowest BCUT2D eigenvalue weighted by atomic mass is 10.0. The third-order valence-electron chi connectivity index (χ3n) is 2.11. The number of rotatable bonds is 3. The van der Waals surface area contributed by atoms with Crippen molar-refractivity contribution in [1.82, 2.24) is 4.98 Å². The lowest BCUT2D eigenvalue weighted by molar-refractivity contribution is 0.521. The molecule has 2 aromatic rings. The van der Waals surface area contributed by atoms with Gasteiger partial charge in [0, 0.05) is 24.2 Å². The van der Waals surface area contributed by atoms with E-state index in [9.17, 15) is 0 Å². The Morgan fingerprint density at radius 1 is 1.29 bits per heavy atom.